The minimum atomic E-state index is -4.26. The molecule has 0 spiro atoms. The molecule has 4 bridgehead atoms. The van der Waals surface area contributed by atoms with Gasteiger partial charge in [0.1, 0.15) is 22.6 Å². The van der Waals surface area contributed by atoms with Crippen LogP contribution in [0.25, 0.3) is 11.6 Å². The summed E-state index contributed by atoms with van der Waals surface area (Å²) in [7, 11) is -8.47. The van der Waals surface area contributed by atoms with Crippen molar-refractivity contribution in [3.05, 3.63) is 101 Å². The van der Waals surface area contributed by atoms with Gasteiger partial charge in [0.2, 0.25) is 11.8 Å². The van der Waals surface area contributed by atoms with Crippen LogP contribution in [0.3, 0.4) is 0 Å². The molecule has 22 nitrogen and oxygen atoms in total. The maximum Gasteiger partial charge on any atom is 0.281 e. The van der Waals surface area contributed by atoms with Gasteiger partial charge in [-0.2, -0.15) is 16.8 Å². The summed E-state index contributed by atoms with van der Waals surface area (Å²) in [6.45, 7) is 12.9. The number of nitrogens with one attached hydrogen (secondary N) is 5. The first-order chi connectivity index (χ1) is 41.7. The molecule has 2 amide bonds. The molecule has 0 aromatic carbocycles. The van der Waals surface area contributed by atoms with Gasteiger partial charge in [0.05, 0.1) is 24.3 Å². The lowest BCUT2D eigenvalue weighted by atomic mass is 9.94. The number of sulfonamides is 2. The van der Waals surface area contributed by atoms with Gasteiger partial charge in [0, 0.05) is 55.2 Å². The number of nitrogens with zero attached hydrogens (tertiary/aromatic N) is 9. The Morgan fingerprint density at radius 1 is 0.759 bits per heavy atom. The Morgan fingerprint density at radius 2 is 1.38 bits per heavy atom. The Kier molecular flexibility index (Phi) is 17.3. The summed E-state index contributed by atoms with van der Waals surface area (Å²) in [5.41, 5.74) is -0.0735. The third-order valence-electron chi connectivity index (χ3n) is 18.1. The lowest BCUT2D eigenvalue weighted by Crippen LogP contribution is -2.41. The zero-order valence-corrected chi connectivity index (χ0v) is 52.2. The first-order valence-electron chi connectivity index (χ1n) is 30.9. The number of hydrogen-bond acceptors (Lipinski definition) is 18. The van der Waals surface area contributed by atoms with E-state index in [1.54, 1.807) is 65.6 Å². The van der Waals surface area contributed by atoms with Crippen LogP contribution in [0, 0.1) is 47.3 Å². The third kappa shape index (κ3) is 15.0. The van der Waals surface area contributed by atoms with E-state index < -0.39 is 31.9 Å². The van der Waals surface area contributed by atoms with E-state index in [9.17, 15) is 26.4 Å². The fraction of sp³-hybridized carbons (Fsp3) is 0.548. The second-order valence-corrected chi connectivity index (χ2v) is 29.7. The number of ether oxygens (including phenoxy) is 2. The van der Waals surface area contributed by atoms with Crippen molar-refractivity contribution in [2.24, 2.45) is 47.3 Å². The lowest BCUT2D eigenvalue weighted by molar-refractivity contribution is 0.0972. The van der Waals surface area contributed by atoms with Crippen molar-refractivity contribution in [1.82, 2.24) is 54.3 Å². The van der Waals surface area contributed by atoms with E-state index in [4.69, 9.17) is 26.1 Å². The van der Waals surface area contributed by atoms with Crippen molar-refractivity contribution in [3.63, 3.8) is 0 Å². The van der Waals surface area contributed by atoms with Crippen molar-refractivity contribution in [3.8, 4) is 23.4 Å². The summed E-state index contributed by atoms with van der Waals surface area (Å²) in [4.78, 5) is 46.3. The Morgan fingerprint density at radius 3 is 1.99 bits per heavy atom. The van der Waals surface area contributed by atoms with Gasteiger partial charge in [-0.3, -0.25) is 9.59 Å². The van der Waals surface area contributed by atoms with Crippen molar-refractivity contribution in [1.29, 1.82) is 0 Å². The predicted octanol–water partition coefficient (Wildman–Crippen LogP) is 9.24. The molecule has 5 N–H and O–H groups in total. The first-order valence-corrected chi connectivity index (χ1v) is 34.2. The number of anilines is 3. The number of fused-ring (bicyclic) bond motifs is 6. The number of pyridine rings is 4. The van der Waals surface area contributed by atoms with Crippen molar-refractivity contribution >= 4 is 60.9 Å². The highest BCUT2D eigenvalue weighted by Gasteiger charge is 2.44. The zero-order chi connectivity index (χ0) is 60.7. The molecule has 4 aliphatic carbocycles. The summed E-state index contributed by atoms with van der Waals surface area (Å²) >= 11 is 6.33. The fourth-order valence-electron chi connectivity index (χ4n) is 13.1. The van der Waals surface area contributed by atoms with Gasteiger partial charge >= 0.3 is 0 Å². The molecule has 9 heterocycles. The van der Waals surface area contributed by atoms with E-state index in [0.29, 0.717) is 85.5 Å². The van der Waals surface area contributed by atoms with E-state index >= 15 is 0 Å². The van der Waals surface area contributed by atoms with Crippen LogP contribution in [-0.4, -0.2) is 119 Å². The topological polar surface area (TPSA) is 271 Å². The van der Waals surface area contributed by atoms with E-state index in [0.717, 1.165) is 80.6 Å². The van der Waals surface area contributed by atoms with Crippen molar-refractivity contribution < 1.29 is 35.9 Å². The molecule has 2 unspecified atom stereocenters. The number of carbonyl (C=O) groups excluding carboxylic acids is 2. The summed E-state index contributed by atoms with van der Waals surface area (Å²) in [5.74, 6) is 7.54. The number of amides is 2. The zero-order valence-electron chi connectivity index (χ0n) is 49.8. The Hall–Kier alpha value is -6.89. The van der Waals surface area contributed by atoms with Crippen LogP contribution in [0.5, 0.6) is 11.8 Å². The number of carbonyl (C=O) groups is 2. The first kappa shape index (κ1) is 60.4. The molecule has 4 saturated carbocycles. The number of hydrogen-bond donors (Lipinski definition) is 5. The van der Waals surface area contributed by atoms with Crippen LogP contribution in [0.4, 0.5) is 17.5 Å². The highest BCUT2D eigenvalue weighted by atomic mass is 35.5. The van der Waals surface area contributed by atoms with Crippen LogP contribution in [0.1, 0.15) is 138 Å². The van der Waals surface area contributed by atoms with Gasteiger partial charge in [-0.05, 0) is 220 Å². The average molecular weight is 1250 g/mol. The van der Waals surface area contributed by atoms with Crippen molar-refractivity contribution in [2.75, 3.05) is 54.9 Å². The van der Waals surface area contributed by atoms with E-state index in [1.807, 2.05) is 6.07 Å². The normalized spacial score (nSPS) is 21.2. The number of rotatable bonds is 21. The van der Waals surface area contributed by atoms with E-state index in [2.05, 4.69) is 83.1 Å². The minimum Gasteiger partial charge on any atom is -0.477 e. The van der Waals surface area contributed by atoms with Gasteiger partial charge in [-0.25, -0.2) is 38.7 Å². The highest BCUT2D eigenvalue weighted by Crippen LogP contribution is 2.52. The molecule has 3 aliphatic heterocycles. The SMILES string of the molecule is CC1(C)CC(CCNc2cccc(S(=O)(=O)NC(=O)c3ccc(-n4ccc(OCCC(C5CC5)C5CC5)n4)nc3Cl)n2)CN1.CC1(C)CC2CCNc3cccc(n3)S(=O)(=O)NC(=O)c3ccc(-n4ccc(OCCC(C5CC5)C5CC5)n4)nc3N1C2. The molecule has 2 saturated heterocycles. The standard InChI is InChI=1S/C31H40ClN7O4S.C31H39N7O4S/c1-31(2)18-20(19-34-31)12-15-33-25-4-3-5-28(35-25)44(41,42)38-30(40)24-10-11-26(36-29(24)32)39-16-13-27(37-39)43-17-14-23(21-6-7-21)22-8-9-22;1-31(2)18-20-12-15-32-25-4-3-5-28(33-25)43(40,41)36-30(39)24-10-11-26(34-29(24)37(31)19-20)38-16-13-27(35-38)42-17-14-23(21-6-7-21)22-8-9-22/h3-5,10-11,13,16,20-23,34H,6-9,12,14-15,17-19H2,1-2H3,(H,33,35)(H,38,40);3-5,10-11,13,16,20-23H,6-9,12,14-15,17-19H2,1-2H3,(H,32,33)(H,36,39). The smallest absolute Gasteiger partial charge is 0.281 e. The molecule has 6 fully saturated rings. The van der Waals surface area contributed by atoms with E-state index in [1.165, 1.54) is 74.2 Å². The van der Waals surface area contributed by atoms with Gasteiger partial charge in [0.15, 0.2) is 21.7 Å². The molecular weight excluding hydrogens is 1170 g/mol. The molecule has 13 rings (SSSR count). The van der Waals surface area contributed by atoms with Crippen LogP contribution >= 0.6 is 11.6 Å². The Bertz CT molecular complexity index is 3690. The average Bonchev–Trinajstić information content (AvgIpc) is 2.03. The summed E-state index contributed by atoms with van der Waals surface area (Å²) in [6.07, 6.45) is 20.2. The third-order valence-corrected chi connectivity index (χ3v) is 20.9. The molecule has 87 heavy (non-hydrogen) atoms. The number of aromatic nitrogens is 8. The van der Waals surface area contributed by atoms with Crippen LogP contribution in [0.15, 0.2) is 95.2 Å². The molecular formula is C62H79ClN14O8S2. The Balaban J connectivity index is 0.000000170. The second-order valence-electron chi connectivity index (χ2n) is 26.0. The molecule has 0 radical (unpaired) electrons. The molecule has 7 aliphatic rings. The van der Waals surface area contributed by atoms with Crippen LogP contribution in [-0.2, 0) is 20.0 Å². The second kappa shape index (κ2) is 24.9. The molecule has 25 heteroatoms. The minimum absolute atomic E-state index is 0.0869. The fourth-order valence-corrected chi connectivity index (χ4v) is 15.2. The monoisotopic (exact) mass is 1250 g/mol. The maximum absolute atomic E-state index is 13.6. The van der Waals surface area contributed by atoms with Gasteiger partial charge in [-0.15, -0.1) is 10.2 Å². The largest absolute Gasteiger partial charge is 0.477 e. The molecule has 6 aromatic heterocycles. The van der Waals surface area contributed by atoms with Gasteiger partial charge in [-0.1, -0.05) is 23.7 Å². The van der Waals surface area contributed by atoms with Crippen LogP contribution in [0.2, 0.25) is 5.15 Å². The molecule has 464 valence electrons. The highest BCUT2D eigenvalue weighted by molar-refractivity contribution is 7.90. The molecule has 2 atom stereocenters. The van der Waals surface area contributed by atoms with Crippen molar-refractivity contribution in [2.45, 2.75) is 139 Å². The predicted molar refractivity (Wildman–Crippen MR) is 330 cm³/mol. The summed E-state index contributed by atoms with van der Waals surface area (Å²) < 4.78 is 71.7. The summed E-state index contributed by atoms with van der Waals surface area (Å²) in [6, 6.07) is 19.2. The quantitative estimate of drug-likeness (QED) is 0.0420. The van der Waals surface area contributed by atoms with Crippen LogP contribution < -0.4 is 39.8 Å². The molecule has 6 aromatic rings. The maximum atomic E-state index is 13.6. The van der Waals surface area contributed by atoms with Gasteiger partial charge in [0.25, 0.3) is 31.9 Å². The van der Waals surface area contributed by atoms with Gasteiger partial charge < -0.3 is 30.3 Å². The van der Waals surface area contributed by atoms with E-state index in [-0.39, 0.29) is 37.4 Å². The Labute approximate surface area is 514 Å². The lowest BCUT2D eigenvalue weighted by Gasteiger charge is -2.34. The summed E-state index contributed by atoms with van der Waals surface area (Å²) in [5, 5.41) is 18.3. The number of halogens is 1.